The first-order valence-corrected chi connectivity index (χ1v) is 25.6. The van der Waals surface area contributed by atoms with Crippen molar-refractivity contribution in [1.29, 1.82) is 0 Å². The van der Waals surface area contributed by atoms with Gasteiger partial charge in [-0.3, -0.25) is 43.3 Å². The minimum Gasteiger partial charge on any atom is -0.493 e. The van der Waals surface area contributed by atoms with Gasteiger partial charge in [-0.2, -0.15) is 0 Å². The van der Waals surface area contributed by atoms with E-state index in [9.17, 15) is 47.9 Å². The number of nitrogens with zero attached hydrogens (tertiary/aromatic N) is 2. The topological polar surface area (TPSA) is 320 Å². The molecule has 0 fully saturated rings. The van der Waals surface area contributed by atoms with Crippen LogP contribution in [0.5, 0.6) is 5.75 Å². The fourth-order valence-electron chi connectivity index (χ4n) is 8.33. The van der Waals surface area contributed by atoms with Crippen LogP contribution in [0.25, 0.3) is 0 Å². The fraction of sp³-hybridized carbons (Fsp3) is 0.585. The Kier molecular flexibility index (Phi) is 22.9. The predicted octanol–water partition coefficient (Wildman–Crippen LogP) is 0.529. The highest BCUT2D eigenvalue weighted by Crippen LogP contribution is 2.30. The first-order chi connectivity index (χ1) is 36.6. The first-order valence-electron chi connectivity index (χ1n) is 25.6. The molecule has 0 aliphatic carbocycles. The van der Waals surface area contributed by atoms with Crippen molar-refractivity contribution in [1.82, 2.24) is 52.3 Å². The Morgan fingerprint density at radius 2 is 1.12 bits per heavy atom. The molecule has 0 aromatic heterocycles. The standard InChI is InChI=1S/C53H78N10O15/c1-33(60-48(72)77-50(3,4)5)42(66)55-24-40(64)57-27-52(28-58-41(65)25-56-43(67)34(2)61-49(73)78-51(6,7)8,46(70)54-21-15-23-76-39-19-14-16-35-26-62(9)22-20-36(35)39)29-59-47(71)53(31-74-10,32-75-11)30-63-44(68)37-17-12-13-18-38(37)45(63)69/h12-14,16-19,33-34H,15,20-32H2,1-11H3,(H,54,70)(H,55,66)(H,56,67)(H,57,64)(H,58,65)(H,59,71)(H,60,72)(H,61,73). The third-order valence-corrected chi connectivity index (χ3v) is 12.4. The van der Waals surface area contributed by atoms with E-state index in [0.29, 0.717) is 0 Å². The molecule has 2 heterocycles. The molecule has 2 aromatic rings. The molecule has 2 aliphatic rings. The number of amides is 10. The number of nitrogens with one attached hydrogen (secondary N) is 8. The summed E-state index contributed by atoms with van der Waals surface area (Å²) in [7, 11) is 4.64. The fourth-order valence-corrected chi connectivity index (χ4v) is 8.33. The second-order valence-electron chi connectivity index (χ2n) is 21.4. The molecule has 2 unspecified atom stereocenters. The van der Waals surface area contributed by atoms with Crippen molar-refractivity contribution in [3.63, 3.8) is 0 Å². The zero-order valence-corrected chi connectivity index (χ0v) is 46.6. The number of fused-ring (bicyclic) bond motifs is 2. The summed E-state index contributed by atoms with van der Waals surface area (Å²) in [6, 6.07) is 9.71. The van der Waals surface area contributed by atoms with Gasteiger partial charge in [0.2, 0.25) is 35.4 Å². The van der Waals surface area contributed by atoms with E-state index in [4.69, 9.17) is 23.7 Å². The van der Waals surface area contributed by atoms with Gasteiger partial charge in [-0.25, -0.2) is 9.59 Å². The lowest BCUT2D eigenvalue weighted by molar-refractivity contribution is -0.140. The average Bonchev–Trinajstić information content (AvgIpc) is 3.61. The van der Waals surface area contributed by atoms with Crippen molar-refractivity contribution in [2.45, 2.75) is 98.1 Å². The maximum Gasteiger partial charge on any atom is 0.408 e. The second kappa shape index (κ2) is 28.3. The molecule has 25 heteroatoms. The van der Waals surface area contributed by atoms with E-state index in [-0.39, 0.29) is 30.7 Å². The Labute approximate surface area is 455 Å². The van der Waals surface area contributed by atoms with Crippen LogP contribution in [0.3, 0.4) is 0 Å². The summed E-state index contributed by atoms with van der Waals surface area (Å²) in [6.07, 6.45) is -0.674. The van der Waals surface area contributed by atoms with Crippen LogP contribution in [-0.4, -0.2) is 186 Å². The number of benzene rings is 2. The molecule has 0 saturated heterocycles. The Balaban J connectivity index is 1.63. The first kappa shape index (κ1) is 63.2. The number of ether oxygens (including phenoxy) is 5. The number of carbonyl (C=O) groups is 10. The highest BCUT2D eigenvalue weighted by atomic mass is 16.6. The van der Waals surface area contributed by atoms with Crippen LogP contribution in [-0.2, 0) is 60.7 Å². The summed E-state index contributed by atoms with van der Waals surface area (Å²) in [4.78, 5) is 138. The molecule has 0 saturated carbocycles. The molecule has 2 aliphatic heterocycles. The molecule has 10 amide bonds. The molecule has 0 spiro atoms. The van der Waals surface area contributed by atoms with Crippen molar-refractivity contribution in [3.05, 3.63) is 64.7 Å². The molecule has 2 atom stereocenters. The Morgan fingerprint density at radius 1 is 0.628 bits per heavy atom. The summed E-state index contributed by atoms with van der Waals surface area (Å²) in [5, 5.41) is 20.4. The third-order valence-electron chi connectivity index (χ3n) is 12.4. The van der Waals surface area contributed by atoms with E-state index in [1.54, 1.807) is 53.7 Å². The Bertz CT molecular complexity index is 2400. The highest BCUT2D eigenvalue weighted by molar-refractivity contribution is 6.21. The molecule has 2 aromatic carbocycles. The number of alkyl carbamates (subject to hydrolysis) is 2. The van der Waals surface area contributed by atoms with Crippen molar-refractivity contribution in [2.24, 2.45) is 10.8 Å². The van der Waals surface area contributed by atoms with Crippen LogP contribution in [0.2, 0.25) is 0 Å². The maximum atomic E-state index is 14.9. The summed E-state index contributed by atoms with van der Waals surface area (Å²) in [5.41, 5.74) is -2.99. The van der Waals surface area contributed by atoms with E-state index >= 15 is 0 Å². The van der Waals surface area contributed by atoms with Gasteiger partial charge in [0, 0.05) is 60.0 Å². The van der Waals surface area contributed by atoms with Crippen LogP contribution in [0.4, 0.5) is 9.59 Å². The summed E-state index contributed by atoms with van der Waals surface area (Å²) in [5.74, 6) is -5.40. The van der Waals surface area contributed by atoms with E-state index < -0.39 is 146 Å². The van der Waals surface area contributed by atoms with E-state index in [1.807, 2.05) is 25.2 Å². The average molecular weight is 1100 g/mol. The van der Waals surface area contributed by atoms with Gasteiger partial charge in [-0.05, 0) is 105 Å². The molecule has 0 radical (unpaired) electrons. The predicted molar refractivity (Wildman–Crippen MR) is 283 cm³/mol. The minimum absolute atomic E-state index is 0.00238. The molecule has 430 valence electrons. The van der Waals surface area contributed by atoms with E-state index in [2.05, 4.69) is 47.4 Å². The normalized spacial score (nSPS) is 15.0. The van der Waals surface area contributed by atoms with Gasteiger partial charge in [0.05, 0.1) is 44.0 Å². The molecular formula is C53H78N10O15. The lowest BCUT2D eigenvalue weighted by atomic mass is 9.83. The van der Waals surface area contributed by atoms with E-state index in [1.165, 1.54) is 40.2 Å². The monoisotopic (exact) mass is 1090 g/mol. The molecule has 0 bridgehead atoms. The zero-order chi connectivity index (χ0) is 58.0. The van der Waals surface area contributed by atoms with Gasteiger partial charge in [-0.15, -0.1) is 0 Å². The molecule has 78 heavy (non-hydrogen) atoms. The van der Waals surface area contributed by atoms with Crippen LogP contribution < -0.4 is 47.3 Å². The molecule has 4 rings (SSSR count). The number of imide groups is 1. The molecular weight excluding hydrogens is 1020 g/mol. The van der Waals surface area contributed by atoms with Gasteiger partial charge < -0.3 is 71.1 Å². The van der Waals surface area contributed by atoms with Crippen LogP contribution >= 0.6 is 0 Å². The molecule has 8 N–H and O–H groups in total. The van der Waals surface area contributed by atoms with Crippen molar-refractivity contribution < 1.29 is 71.6 Å². The van der Waals surface area contributed by atoms with E-state index in [0.717, 1.165) is 41.3 Å². The van der Waals surface area contributed by atoms with Crippen LogP contribution in [0.1, 0.15) is 93.7 Å². The summed E-state index contributed by atoms with van der Waals surface area (Å²) < 4.78 is 27.6. The van der Waals surface area contributed by atoms with Crippen molar-refractivity contribution in [3.8, 4) is 5.75 Å². The quantitative estimate of drug-likeness (QED) is 0.0447. The number of rotatable bonds is 27. The van der Waals surface area contributed by atoms with Gasteiger partial charge in [0.15, 0.2) is 0 Å². The van der Waals surface area contributed by atoms with Gasteiger partial charge >= 0.3 is 12.2 Å². The van der Waals surface area contributed by atoms with Crippen molar-refractivity contribution >= 4 is 59.4 Å². The minimum atomic E-state index is -1.99. The largest absolute Gasteiger partial charge is 0.493 e. The Morgan fingerprint density at radius 3 is 1.60 bits per heavy atom. The number of hydrogen-bond donors (Lipinski definition) is 8. The number of methoxy groups -OCH3 is 2. The Hall–Kier alpha value is -7.38. The van der Waals surface area contributed by atoms with Crippen LogP contribution in [0.15, 0.2) is 42.5 Å². The lowest BCUT2D eigenvalue weighted by Gasteiger charge is -2.37. The smallest absolute Gasteiger partial charge is 0.408 e. The zero-order valence-electron chi connectivity index (χ0n) is 46.6. The number of carbonyl (C=O) groups excluding carboxylic acids is 10. The second-order valence-corrected chi connectivity index (χ2v) is 21.4. The molecule has 25 nitrogen and oxygen atoms in total. The summed E-state index contributed by atoms with van der Waals surface area (Å²) >= 11 is 0. The van der Waals surface area contributed by atoms with Crippen LogP contribution in [0, 0.1) is 10.8 Å². The van der Waals surface area contributed by atoms with Gasteiger partial charge in [0.25, 0.3) is 11.8 Å². The summed E-state index contributed by atoms with van der Waals surface area (Å²) in [6.45, 7) is 9.94. The lowest BCUT2D eigenvalue weighted by Crippen LogP contribution is -2.62. The number of likely N-dealkylation sites (N-methyl/N-ethyl adjacent to an activating group) is 1. The third kappa shape index (κ3) is 18.7. The van der Waals surface area contributed by atoms with Gasteiger partial charge in [0.1, 0.15) is 39.9 Å². The SMILES string of the molecule is COCC(COC)(CN1C(=O)c2ccccc2C1=O)C(=O)NCC(CNC(=O)CNC(=O)C(C)NC(=O)OC(C)(C)C)(CNC(=O)CNC(=O)C(C)NC(=O)OC(C)(C)C)C(=O)NCCCOc1cccc2c1CCN(C)C2. The maximum absolute atomic E-state index is 14.9. The van der Waals surface area contributed by atoms with Crippen molar-refractivity contribution in [2.75, 3.05) is 93.4 Å². The highest BCUT2D eigenvalue weighted by Gasteiger charge is 2.48. The number of hydrogen-bond acceptors (Lipinski definition) is 16. The van der Waals surface area contributed by atoms with Gasteiger partial charge in [-0.1, -0.05) is 24.3 Å².